The van der Waals surface area contributed by atoms with Crippen LogP contribution in [0.25, 0.3) is 0 Å². The largest absolute Gasteiger partial charge is 0.462 e. The highest BCUT2D eigenvalue weighted by Gasteiger charge is 2.18. The molecule has 0 saturated carbocycles. The van der Waals surface area contributed by atoms with E-state index >= 15 is 0 Å². The van der Waals surface area contributed by atoms with Gasteiger partial charge in [0.25, 0.3) is 0 Å². The van der Waals surface area contributed by atoms with Gasteiger partial charge in [0.15, 0.2) is 17.4 Å². The first-order chi connectivity index (χ1) is 21.1. The van der Waals surface area contributed by atoms with E-state index in [1.165, 1.54) is 0 Å². The Kier molecular flexibility index (Phi) is 13.8. The Morgan fingerprint density at radius 2 is 1.23 bits per heavy atom. The molecule has 0 aliphatic rings. The molecule has 2 aromatic carbocycles. The Morgan fingerprint density at radius 3 is 1.70 bits per heavy atom. The smallest absolute Gasteiger partial charge is 0.338 e. The molecule has 1 unspecified atom stereocenters. The van der Waals surface area contributed by atoms with E-state index < -0.39 is 17.4 Å². The van der Waals surface area contributed by atoms with Crippen molar-refractivity contribution in [3.63, 3.8) is 0 Å². The molecule has 11 nitrogen and oxygen atoms in total. The van der Waals surface area contributed by atoms with E-state index in [2.05, 4.69) is 57.1 Å². The number of unbranched alkanes of at least 4 members (excludes halogenated alkanes) is 1. The maximum absolute atomic E-state index is 12.3. The zero-order chi connectivity index (χ0) is 32.0. The first-order valence-corrected chi connectivity index (χ1v) is 21.2. The van der Waals surface area contributed by atoms with E-state index in [4.69, 9.17) is 13.6 Å². The second kappa shape index (κ2) is 17.5. The van der Waals surface area contributed by atoms with Crippen molar-refractivity contribution < 1.29 is 23.2 Å². The number of anilines is 5. The molecule has 0 fully saturated rings. The van der Waals surface area contributed by atoms with E-state index in [1.54, 1.807) is 48.5 Å². The van der Waals surface area contributed by atoms with Gasteiger partial charge in [-0.25, -0.2) is 9.59 Å². The van der Waals surface area contributed by atoms with Gasteiger partial charge in [0, 0.05) is 17.9 Å². The number of hydrogen-bond donors (Lipinski definition) is 3. The maximum Gasteiger partial charge on any atom is 0.338 e. The summed E-state index contributed by atoms with van der Waals surface area (Å²) in [6.07, 6.45) is 3.50. The maximum atomic E-state index is 12.3. The first kappa shape index (κ1) is 34.7. The molecule has 1 atom stereocenters. The molecule has 0 radical (unpaired) electrons. The summed E-state index contributed by atoms with van der Waals surface area (Å²) < 4.78 is 16.8. The summed E-state index contributed by atoms with van der Waals surface area (Å²) in [4.78, 5) is 38.1. The van der Waals surface area contributed by atoms with Crippen molar-refractivity contribution >= 4 is 58.5 Å². The number of nitrogens with zero attached hydrogens (tertiary/aromatic N) is 3. The highest BCUT2D eigenvalue weighted by Crippen LogP contribution is 2.20. The molecule has 3 N–H and O–H groups in total. The molecule has 0 bridgehead atoms. The molecule has 0 spiro atoms. The van der Waals surface area contributed by atoms with Gasteiger partial charge < -0.3 is 29.5 Å². The Labute approximate surface area is 263 Å². The molecule has 44 heavy (non-hydrogen) atoms. The van der Waals surface area contributed by atoms with Gasteiger partial charge in [-0.2, -0.15) is 15.0 Å². The third-order valence-electron chi connectivity index (χ3n) is 6.18. The van der Waals surface area contributed by atoms with E-state index in [1.807, 2.05) is 13.8 Å². The van der Waals surface area contributed by atoms with Crippen LogP contribution < -0.4 is 16.0 Å². The van der Waals surface area contributed by atoms with Crippen LogP contribution in [0.1, 0.15) is 60.2 Å². The normalized spacial score (nSPS) is 11.9. The van der Waals surface area contributed by atoms with Gasteiger partial charge in [-0.1, -0.05) is 20.3 Å². The highest BCUT2D eigenvalue weighted by atomic mass is 28.4. The van der Waals surface area contributed by atoms with Crippen LogP contribution in [-0.4, -0.2) is 64.0 Å². The SMILES string of the molecule is CCCCOC(=O)c1ccc(Nc2nc(NCCC[SiH](C)O[Si](C)(C)C)nc(Nc3ccc(C(=O)OCCC)cc3)n2)cc1. The minimum Gasteiger partial charge on any atom is -0.462 e. The fraction of sp³-hybridized carbons (Fsp3) is 0.452. The van der Waals surface area contributed by atoms with E-state index in [0.29, 0.717) is 60.1 Å². The van der Waals surface area contributed by atoms with E-state index in [9.17, 15) is 9.59 Å². The Hall–Kier alpha value is -3.82. The molecule has 0 amide bonds. The van der Waals surface area contributed by atoms with Gasteiger partial charge in [-0.05, 0) is 100 Å². The number of nitrogens with one attached hydrogen (secondary N) is 3. The van der Waals surface area contributed by atoms with E-state index in [-0.39, 0.29) is 11.9 Å². The van der Waals surface area contributed by atoms with Crippen molar-refractivity contribution in [2.24, 2.45) is 0 Å². The van der Waals surface area contributed by atoms with Gasteiger partial charge in [0.05, 0.1) is 24.3 Å². The van der Waals surface area contributed by atoms with Gasteiger partial charge in [-0.3, -0.25) is 0 Å². The lowest BCUT2D eigenvalue weighted by Gasteiger charge is -2.23. The number of benzene rings is 2. The van der Waals surface area contributed by atoms with Crippen molar-refractivity contribution in [1.82, 2.24) is 15.0 Å². The lowest BCUT2D eigenvalue weighted by atomic mass is 10.2. The van der Waals surface area contributed by atoms with Gasteiger partial charge in [-0.15, -0.1) is 0 Å². The number of rotatable bonds is 18. The topological polar surface area (TPSA) is 137 Å². The molecular formula is C31H46N6O5Si2. The number of aromatic nitrogens is 3. The molecule has 1 aromatic heterocycles. The third-order valence-corrected chi connectivity index (χ3v) is 11.8. The van der Waals surface area contributed by atoms with Crippen LogP contribution >= 0.6 is 0 Å². The van der Waals surface area contributed by atoms with Crippen molar-refractivity contribution in [1.29, 1.82) is 0 Å². The van der Waals surface area contributed by atoms with Crippen molar-refractivity contribution in [3.8, 4) is 0 Å². The minimum absolute atomic E-state index is 0.326. The lowest BCUT2D eigenvalue weighted by Crippen LogP contribution is -2.33. The number of esters is 2. The van der Waals surface area contributed by atoms with Crippen LogP contribution in [0, 0.1) is 0 Å². The predicted octanol–water partition coefficient (Wildman–Crippen LogP) is 6.89. The van der Waals surface area contributed by atoms with Gasteiger partial charge in [0.2, 0.25) is 17.8 Å². The molecule has 238 valence electrons. The predicted molar refractivity (Wildman–Crippen MR) is 180 cm³/mol. The fourth-order valence-corrected chi connectivity index (χ4v) is 10.2. The van der Waals surface area contributed by atoms with E-state index in [0.717, 1.165) is 31.7 Å². The van der Waals surface area contributed by atoms with Crippen LogP contribution in [-0.2, 0) is 13.6 Å². The van der Waals surface area contributed by atoms with Gasteiger partial charge >= 0.3 is 11.9 Å². The summed E-state index contributed by atoms with van der Waals surface area (Å²) in [5, 5.41) is 9.72. The molecule has 1 heterocycles. The Balaban J connectivity index is 1.72. The molecule has 0 saturated heterocycles. The van der Waals surface area contributed by atoms with Crippen molar-refractivity contribution in [2.75, 3.05) is 35.7 Å². The summed E-state index contributed by atoms with van der Waals surface area (Å²) in [7, 11) is -2.75. The summed E-state index contributed by atoms with van der Waals surface area (Å²) in [5.41, 5.74) is 2.36. The second-order valence-corrected chi connectivity index (χ2v) is 18.8. The highest BCUT2D eigenvalue weighted by molar-refractivity contribution is 6.77. The third kappa shape index (κ3) is 12.4. The molecular weight excluding hydrogens is 593 g/mol. The first-order valence-electron chi connectivity index (χ1n) is 15.3. The summed E-state index contributed by atoms with van der Waals surface area (Å²) in [6, 6.07) is 15.0. The average molecular weight is 639 g/mol. The zero-order valence-electron chi connectivity index (χ0n) is 26.7. The average Bonchev–Trinajstić information content (AvgIpc) is 2.98. The monoisotopic (exact) mass is 638 g/mol. The number of carbonyl (C=O) groups excluding carboxylic acids is 2. The zero-order valence-corrected chi connectivity index (χ0v) is 28.9. The fourth-order valence-electron chi connectivity index (χ4n) is 4.13. The lowest BCUT2D eigenvalue weighted by molar-refractivity contribution is 0.0493. The molecule has 13 heteroatoms. The number of ether oxygens (including phenoxy) is 2. The van der Waals surface area contributed by atoms with Crippen molar-refractivity contribution in [3.05, 3.63) is 59.7 Å². The summed E-state index contributed by atoms with van der Waals surface area (Å²) in [5.74, 6) is 0.367. The van der Waals surface area contributed by atoms with Crippen molar-refractivity contribution in [2.45, 2.75) is 71.8 Å². The van der Waals surface area contributed by atoms with Gasteiger partial charge in [0.1, 0.15) is 0 Å². The number of hydrogen-bond acceptors (Lipinski definition) is 11. The van der Waals surface area contributed by atoms with Crippen LogP contribution in [0.3, 0.4) is 0 Å². The molecule has 0 aliphatic heterocycles. The second-order valence-electron chi connectivity index (χ2n) is 11.4. The summed E-state index contributed by atoms with van der Waals surface area (Å²) >= 11 is 0. The minimum atomic E-state index is -1.53. The summed E-state index contributed by atoms with van der Waals surface area (Å²) in [6.45, 7) is 14.4. The van der Waals surface area contributed by atoms with Crippen LogP contribution in [0.2, 0.25) is 32.2 Å². The Morgan fingerprint density at radius 1 is 0.727 bits per heavy atom. The van der Waals surface area contributed by atoms with Crippen LogP contribution in [0.4, 0.5) is 29.2 Å². The Bertz CT molecular complexity index is 1340. The molecule has 0 aliphatic carbocycles. The quantitative estimate of drug-likeness (QED) is 0.0763. The standard InChI is InChI=1S/C31H46N6O5Si2/c1-7-9-21-41-28(39)24-13-17-26(18-14-24)34-31-36-29(32-19-10-22-43(3)42-44(4,5)6)35-30(37-31)33-25-15-11-23(12-16-25)27(38)40-20-8-2/h11-18,43H,7-10,19-22H2,1-6H3,(H3,32,33,34,35,36,37). The number of carbonyl (C=O) groups is 2. The van der Waals surface area contributed by atoms with Crippen LogP contribution in [0.15, 0.2) is 48.5 Å². The van der Waals surface area contributed by atoms with Crippen LogP contribution in [0.5, 0.6) is 0 Å². The molecule has 3 rings (SSSR count). The molecule has 3 aromatic rings.